The fraction of sp³-hybridized carbons (Fsp3) is 0.200. The molecule has 0 aliphatic heterocycles. The van der Waals surface area contributed by atoms with Gasteiger partial charge in [-0.15, -0.1) is 0 Å². The molecular weight excluding hydrogens is 350 g/mol. The third-order valence-corrected chi connectivity index (χ3v) is 5.28. The third kappa shape index (κ3) is 4.08. The van der Waals surface area contributed by atoms with Crippen LogP contribution < -0.4 is 0 Å². The van der Waals surface area contributed by atoms with Crippen LogP contribution in [0.25, 0.3) is 11.6 Å². The highest BCUT2D eigenvalue weighted by atomic mass is 32.2. The molecule has 0 radical (unpaired) electrons. The number of rotatable bonds is 3. The molecule has 0 fully saturated rings. The van der Waals surface area contributed by atoms with Crippen molar-refractivity contribution in [3.63, 3.8) is 0 Å². The monoisotopic (exact) mass is 369 g/mol. The lowest BCUT2D eigenvalue weighted by atomic mass is 9.85. The van der Waals surface area contributed by atoms with Gasteiger partial charge in [0.2, 0.25) is 0 Å². The average molecular weight is 369 g/mol. The zero-order valence-electron chi connectivity index (χ0n) is 14.6. The standard InChI is InChI=1S/C20H19NO4S/c1-14(22)25-21-20-12-9-16-5-3-4-6-18(16)19(20)13-15-7-10-17(11-8-15)26(2,23)24/h3-8,10-11,13H,9,12H2,1-2H3/b19-13+,21-20?. The van der Waals surface area contributed by atoms with Crippen LogP contribution in [0.5, 0.6) is 0 Å². The predicted molar refractivity (Wildman–Crippen MR) is 101 cm³/mol. The van der Waals surface area contributed by atoms with E-state index in [1.165, 1.54) is 18.7 Å². The van der Waals surface area contributed by atoms with Crippen molar-refractivity contribution < 1.29 is 18.0 Å². The Bertz CT molecular complexity index is 1000. The Kier molecular flexibility index (Phi) is 5.04. The molecule has 2 aromatic rings. The summed E-state index contributed by atoms with van der Waals surface area (Å²) in [5, 5.41) is 4.02. The Morgan fingerprint density at radius 3 is 2.42 bits per heavy atom. The number of nitrogens with zero attached hydrogens (tertiary/aromatic N) is 1. The van der Waals surface area contributed by atoms with Gasteiger partial charge in [0.25, 0.3) is 0 Å². The Morgan fingerprint density at radius 1 is 1.08 bits per heavy atom. The van der Waals surface area contributed by atoms with Gasteiger partial charge in [-0.1, -0.05) is 41.6 Å². The average Bonchev–Trinajstić information content (AvgIpc) is 2.60. The van der Waals surface area contributed by atoms with Gasteiger partial charge >= 0.3 is 5.97 Å². The van der Waals surface area contributed by atoms with Gasteiger partial charge in [0, 0.05) is 18.8 Å². The Labute approximate surface area is 152 Å². The molecule has 3 rings (SSSR count). The zero-order valence-corrected chi connectivity index (χ0v) is 15.4. The molecule has 0 saturated heterocycles. The highest BCUT2D eigenvalue weighted by Crippen LogP contribution is 2.31. The minimum absolute atomic E-state index is 0.275. The Balaban J connectivity index is 2.06. The zero-order chi connectivity index (χ0) is 18.7. The van der Waals surface area contributed by atoms with Crippen LogP contribution in [0, 0.1) is 0 Å². The van der Waals surface area contributed by atoms with E-state index < -0.39 is 15.8 Å². The van der Waals surface area contributed by atoms with E-state index >= 15 is 0 Å². The normalized spacial score (nSPS) is 17.2. The van der Waals surface area contributed by atoms with Gasteiger partial charge in [-0.05, 0) is 47.7 Å². The van der Waals surface area contributed by atoms with Gasteiger partial charge in [0.1, 0.15) is 0 Å². The highest BCUT2D eigenvalue weighted by Gasteiger charge is 2.20. The molecule has 0 amide bonds. The van der Waals surface area contributed by atoms with Gasteiger partial charge in [0.05, 0.1) is 10.6 Å². The van der Waals surface area contributed by atoms with Crippen molar-refractivity contribution >= 4 is 33.2 Å². The number of sulfone groups is 1. The lowest BCUT2D eigenvalue weighted by Crippen LogP contribution is -2.14. The van der Waals surface area contributed by atoms with Crippen molar-refractivity contribution in [2.75, 3.05) is 6.26 Å². The predicted octanol–water partition coefficient (Wildman–Crippen LogP) is 3.50. The fourth-order valence-electron chi connectivity index (χ4n) is 2.90. The summed E-state index contributed by atoms with van der Waals surface area (Å²) in [6, 6.07) is 14.7. The molecule has 0 atom stereocenters. The molecule has 2 aromatic carbocycles. The second-order valence-corrected chi connectivity index (χ2v) is 8.19. The van der Waals surface area contributed by atoms with Crippen molar-refractivity contribution in [1.29, 1.82) is 0 Å². The lowest BCUT2D eigenvalue weighted by Gasteiger charge is -2.20. The minimum atomic E-state index is -3.23. The summed E-state index contributed by atoms with van der Waals surface area (Å²) in [6.45, 7) is 1.31. The first-order chi connectivity index (χ1) is 12.3. The molecular formula is C20H19NO4S. The summed E-state index contributed by atoms with van der Waals surface area (Å²) in [7, 11) is -3.23. The third-order valence-electron chi connectivity index (χ3n) is 4.15. The number of hydrogen-bond donors (Lipinski definition) is 0. The maximum Gasteiger partial charge on any atom is 0.331 e. The fourth-order valence-corrected chi connectivity index (χ4v) is 3.53. The molecule has 0 spiro atoms. The first-order valence-electron chi connectivity index (χ1n) is 8.19. The molecule has 0 bridgehead atoms. The van der Waals surface area contributed by atoms with Crippen LogP contribution in [0.3, 0.4) is 0 Å². The maximum absolute atomic E-state index is 11.6. The first-order valence-corrected chi connectivity index (χ1v) is 10.1. The molecule has 0 heterocycles. The van der Waals surface area contributed by atoms with Gasteiger partial charge in [-0.3, -0.25) is 0 Å². The summed E-state index contributed by atoms with van der Waals surface area (Å²) >= 11 is 0. The molecule has 5 nitrogen and oxygen atoms in total. The number of oxime groups is 1. The molecule has 1 aliphatic rings. The van der Waals surface area contributed by atoms with Gasteiger partial charge in [0.15, 0.2) is 9.84 Å². The smallest absolute Gasteiger partial charge is 0.318 e. The molecule has 1 aliphatic carbocycles. The first kappa shape index (κ1) is 18.1. The van der Waals surface area contributed by atoms with Crippen molar-refractivity contribution in [3.05, 3.63) is 65.2 Å². The summed E-state index contributed by atoms with van der Waals surface area (Å²) < 4.78 is 23.2. The van der Waals surface area contributed by atoms with E-state index in [2.05, 4.69) is 11.2 Å². The second kappa shape index (κ2) is 7.25. The van der Waals surface area contributed by atoms with Crippen LogP contribution in [0.2, 0.25) is 0 Å². The van der Waals surface area contributed by atoms with E-state index in [9.17, 15) is 13.2 Å². The number of benzene rings is 2. The largest absolute Gasteiger partial charge is 0.331 e. The van der Waals surface area contributed by atoms with Crippen molar-refractivity contribution in [2.45, 2.75) is 24.7 Å². The van der Waals surface area contributed by atoms with Crippen LogP contribution in [0.4, 0.5) is 0 Å². The van der Waals surface area contributed by atoms with E-state index in [-0.39, 0.29) is 4.90 Å². The van der Waals surface area contributed by atoms with Crippen LogP contribution in [0.1, 0.15) is 30.0 Å². The molecule has 26 heavy (non-hydrogen) atoms. The lowest BCUT2D eigenvalue weighted by molar-refractivity contribution is -0.140. The molecule has 0 N–H and O–H groups in total. The maximum atomic E-state index is 11.6. The Hall–Kier alpha value is -2.73. The van der Waals surface area contributed by atoms with Gasteiger partial charge < -0.3 is 4.84 Å². The van der Waals surface area contributed by atoms with E-state index in [1.54, 1.807) is 24.3 Å². The van der Waals surface area contributed by atoms with Gasteiger partial charge in [-0.25, -0.2) is 13.2 Å². The van der Waals surface area contributed by atoms with Crippen LogP contribution in [0.15, 0.2) is 58.6 Å². The summed E-state index contributed by atoms with van der Waals surface area (Å²) in [4.78, 5) is 16.3. The summed E-state index contributed by atoms with van der Waals surface area (Å²) in [5.41, 5.74) is 4.66. The number of allylic oxidation sites excluding steroid dienone is 1. The molecule has 0 unspecified atom stereocenters. The molecule has 0 aromatic heterocycles. The van der Waals surface area contributed by atoms with E-state index in [1.807, 2.05) is 24.3 Å². The van der Waals surface area contributed by atoms with Crippen molar-refractivity contribution in [3.8, 4) is 0 Å². The number of carbonyl (C=O) groups excluding carboxylic acids is 1. The van der Waals surface area contributed by atoms with Crippen molar-refractivity contribution in [2.24, 2.45) is 5.16 Å². The Morgan fingerprint density at radius 2 is 1.77 bits per heavy atom. The summed E-state index contributed by atoms with van der Waals surface area (Å²) in [5.74, 6) is -0.465. The molecule has 0 saturated carbocycles. The van der Waals surface area contributed by atoms with Crippen LogP contribution in [-0.4, -0.2) is 26.4 Å². The van der Waals surface area contributed by atoms with E-state index in [0.717, 1.165) is 23.1 Å². The molecule has 134 valence electrons. The second-order valence-electron chi connectivity index (χ2n) is 6.18. The SMILES string of the molecule is CC(=O)ON=C1CCc2ccccc2/C1=C\c1ccc(S(C)(=O)=O)cc1. The number of aryl methyl sites for hydroxylation is 1. The number of hydrogen-bond acceptors (Lipinski definition) is 5. The number of carbonyl (C=O) groups is 1. The minimum Gasteiger partial charge on any atom is -0.318 e. The highest BCUT2D eigenvalue weighted by molar-refractivity contribution is 7.90. The van der Waals surface area contributed by atoms with Crippen LogP contribution >= 0.6 is 0 Å². The summed E-state index contributed by atoms with van der Waals surface area (Å²) in [6.07, 6.45) is 4.60. The van der Waals surface area contributed by atoms with E-state index in [4.69, 9.17) is 4.84 Å². The van der Waals surface area contributed by atoms with E-state index in [0.29, 0.717) is 12.1 Å². The van der Waals surface area contributed by atoms with Gasteiger partial charge in [-0.2, -0.15) is 0 Å². The molecule has 6 heteroatoms. The van der Waals surface area contributed by atoms with Crippen molar-refractivity contribution in [1.82, 2.24) is 0 Å². The van der Waals surface area contributed by atoms with Crippen LogP contribution in [-0.2, 0) is 25.9 Å². The topological polar surface area (TPSA) is 72.8 Å². The quantitative estimate of drug-likeness (QED) is 0.613. The number of fused-ring (bicyclic) bond motifs is 1.